The molecule has 2 amide bonds. The van der Waals surface area contributed by atoms with Crippen molar-refractivity contribution in [1.29, 1.82) is 0 Å². The van der Waals surface area contributed by atoms with Gasteiger partial charge in [-0.3, -0.25) is 4.90 Å². The van der Waals surface area contributed by atoms with Crippen LogP contribution in [0.4, 0.5) is 4.79 Å². The maximum Gasteiger partial charge on any atom is 0.317 e. The first-order valence-corrected chi connectivity index (χ1v) is 9.35. The summed E-state index contributed by atoms with van der Waals surface area (Å²) in [5.41, 5.74) is 2.37. The van der Waals surface area contributed by atoms with Crippen molar-refractivity contribution in [3.8, 4) is 0 Å². The summed E-state index contributed by atoms with van der Waals surface area (Å²) in [5.74, 6) is 0. The average molecular weight is 364 g/mol. The average Bonchev–Trinajstić information content (AvgIpc) is 2.99. The summed E-state index contributed by atoms with van der Waals surface area (Å²) in [6, 6.07) is 12.2. The number of halogens is 1. The Morgan fingerprint density at radius 2 is 1.92 bits per heavy atom. The zero-order chi connectivity index (χ0) is 16.9. The molecule has 0 radical (unpaired) electrons. The Morgan fingerprint density at radius 1 is 1.17 bits per heavy atom. The van der Waals surface area contributed by atoms with Gasteiger partial charge in [-0.15, -0.1) is 11.3 Å². The minimum absolute atomic E-state index is 0.0251. The summed E-state index contributed by atoms with van der Waals surface area (Å²) >= 11 is 7.60. The normalized spacial score (nSPS) is 15.5. The molecule has 0 unspecified atom stereocenters. The number of amides is 2. The Balaban J connectivity index is 1.44. The highest BCUT2D eigenvalue weighted by molar-refractivity contribution is 7.16. The smallest absolute Gasteiger partial charge is 0.317 e. The van der Waals surface area contributed by atoms with E-state index in [0.717, 1.165) is 37.1 Å². The third-order valence-corrected chi connectivity index (χ3v) is 5.58. The Kier molecular flexibility index (Phi) is 5.76. The van der Waals surface area contributed by atoms with Crippen molar-refractivity contribution in [2.45, 2.75) is 20.0 Å². The molecule has 1 aromatic heterocycles. The van der Waals surface area contributed by atoms with Crippen LogP contribution in [0.3, 0.4) is 0 Å². The molecule has 0 atom stereocenters. The Hall–Kier alpha value is -1.56. The molecular weight excluding hydrogens is 342 g/mol. The Labute approximate surface area is 152 Å². The van der Waals surface area contributed by atoms with Gasteiger partial charge in [0.2, 0.25) is 0 Å². The monoisotopic (exact) mass is 363 g/mol. The van der Waals surface area contributed by atoms with E-state index < -0.39 is 0 Å². The van der Waals surface area contributed by atoms with Crippen molar-refractivity contribution >= 4 is 29.0 Å². The number of carbonyl (C=O) groups is 1. The predicted octanol–water partition coefficient (Wildman–Crippen LogP) is 3.74. The summed E-state index contributed by atoms with van der Waals surface area (Å²) in [6.07, 6.45) is 0. The van der Waals surface area contributed by atoms with Crippen LogP contribution >= 0.6 is 22.9 Å². The molecule has 1 fully saturated rings. The van der Waals surface area contributed by atoms with Gasteiger partial charge in [-0.25, -0.2) is 4.79 Å². The summed E-state index contributed by atoms with van der Waals surface area (Å²) in [5, 5.41) is 3.03. The van der Waals surface area contributed by atoms with Crippen molar-refractivity contribution in [3.05, 3.63) is 56.7 Å². The Morgan fingerprint density at radius 3 is 2.58 bits per heavy atom. The number of benzene rings is 1. The van der Waals surface area contributed by atoms with Crippen molar-refractivity contribution in [1.82, 2.24) is 15.1 Å². The van der Waals surface area contributed by atoms with Crippen LogP contribution in [-0.4, -0.2) is 42.0 Å². The fourth-order valence-electron chi connectivity index (χ4n) is 2.86. The molecule has 4 nitrogen and oxygen atoms in total. The molecule has 1 saturated heterocycles. The molecule has 0 saturated carbocycles. The number of urea groups is 1. The molecule has 2 aromatic rings. The molecule has 0 spiro atoms. The van der Waals surface area contributed by atoms with Gasteiger partial charge in [0.15, 0.2) is 0 Å². The number of thiophene rings is 1. The van der Waals surface area contributed by atoms with Gasteiger partial charge in [0.1, 0.15) is 0 Å². The molecule has 0 bridgehead atoms. The predicted molar refractivity (Wildman–Crippen MR) is 99.6 cm³/mol. The van der Waals surface area contributed by atoms with Gasteiger partial charge in [-0.2, -0.15) is 0 Å². The van der Waals surface area contributed by atoms with Crippen LogP contribution in [0.5, 0.6) is 0 Å². The van der Waals surface area contributed by atoms with E-state index >= 15 is 0 Å². The quantitative estimate of drug-likeness (QED) is 0.898. The second-order valence-corrected chi connectivity index (χ2v) is 7.85. The van der Waals surface area contributed by atoms with E-state index in [1.54, 1.807) is 11.3 Å². The topological polar surface area (TPSA) is 35.6 Å². The minimum atomic E-state index is 0.0251. The lowest BCUT2D eigenvalue weighted by Crippen LogP contribution is -2.51. The van der Waals surface area contributed by atoms with Crippen LogP contribution in [0, 0.1) is 6.92 Å². The molecule has 0 aliphatic carbocycles. The van der Waals surface area contributed by atoms with Crippen molar-refractivity contribution in [2.75, 3.05) is 26.2 Å². The van der Waals surface area contributed by atoms with Gasteiger partial charge in [-0.05, 0) is 30.2 Å². The number of hydrogen-bond acceptors (Lipinski definition) is 3. The first kappa shape index (κ1) is 17.3. The van der Waals surface area contributed by atoms with Crippen LogP contribution in [0.2, 0.25) is 4.34 Å². The van der Waals surface area contributed by atoms with Crippen LogP contribution in [0.15, 0.2) is 36.4 Å². The van der Waals surface area contributed by atoms with Gasteiger partial charge >= 0.3 is 6.03 Å². The number of nitrogens with zero attached hydrogens (tertiary/aromatic N) is 2. The SMILES string of the molecule is Cc1ccccc1CNC(=O)N1CCN(Cc2ccc(Cl)s2)CC1. The van der Waals surface area contributed by atoms with Crippen LogP contribution in [0.25, 0.3) is 0 Å². The molecule has 24 heavy (non-hydrogen) atoms. The lowest BCUT2D eigenvalue weighted by molar-refractivity contribution is 0.135. The molecule has 1 aliphatic rings. The Bertz CT molecular complexity index is 695. The highest BCUT2D eigenvalue weighted by Gasteiger charge is 2.21. The number of piperazine rings is 1. The van der Waals surface area contributed by atoms with E-state index in [1.165, 1.54) is 16.0 Å². The van der Waals surface area contributed by atoms with Crippen molar-refractivity contribution in [3.63, 3.8) is 0 Å². The van der Waals surface area contributed by atoms with Crippen molar-refractivity contribution < 1.29 is 4.79 Å². The van der Waals surface area contributed by atoms with E-state index in [0.29, 0.717) is 6.54 Å². The largest absolute Gasteiger partial charge is 0.334 e. The molecule has 1 N–H and O–H groups in total. The van der Waals surface area contributed by atoms with Gasteiger partial charge in [0.25, 0.3) is 0 Å². The van der Waals surface area contributed by atoms with E-state index in [-0.39, 0.29) is 6.03 Å². The van der Waals surface area contributed by atoms with Gasteiger partial charge in [0, 0.05) is 44.1 Å². The molecule has 1 aromatic carbocycles. The van der Waals surface area contributed by atoms with Gasteiger partial charge in [0.05, 0.1) is 4.34 Å². The molecule has 6 heteroatoms. The van der Waals surface area contributed by atoms with E-state index in [1.807, 2.05) is 23.1 Å². The molecule has 2 heterocycles. The maximum absolute atomic E-state index is 12.3. The van der Waals surface area contributed by atoms with Gasteiger partial charge < -0.3 is 10.2 Å². The minimum Gasteiger partial charge on any atom is -0.334 e. The van der Waals surface area contributed by atoms with Crippen LogP contribution in [0.1, 0.15) is 16.0 Å². The third kappa shape index (κ3) is 4.50. The second kappa shape index (κ2) is 8.01. The highest BCUT2D eigenvalue weighted by atomic mass is 35.5. The maximum atomic E-state index is 12.3. The third-order valence-electron chi connectivity index (χ3n) is 4.36. The second-order valence-electron chi connectivity index (χ2n) is 6.05. The molecular formula is C18H22ClN3OS. The number of hydrogen-bond donors (Lipinski definition) is 1. The zero-order valence-corrected chi connectivity index (χ0v) is 15.4. The first-order valence-electron chi connectivity index (χ1n) is 8.15. The first-order chi connectivity index (χ1) is 11.6. The standard InChI is InChI=1S/C18H22ClN3OS/c1-14-4-2-3-5-15(14)12-20-18(23)22-10-8-21(9-11-22)13-16-6-7-17(19)24-16/h2-7H,8-13H2,1H3,(H,20,23). The van der Waals surface area contributed by atoms with Crippen LogP contribution in [-0.2, 0) is 13.1 Å². The van der Waals surface area contributed by atoms with Crippen molar-refractivity contribution in [2.24, 2.45) is 0 Å². The highest BCUT2D eigenvalue weighted by Crippen LogP contribution is 2.23. The van der Waals surface area contributed by atoms with Crippen LogP contribution < -0.4 is 5.32 Å². The summed E-state index contributed by atoms with van der Waals surface area (Å²) < 4.78 is 0.833. The number of rotatable bonds is 4. The van der Waals surface area contributed by atoms with E-state index in [2.05, 4.69) is 35.3 Å². The lowest BCUT2D eigenvalue weighted by Gasteiger charge is -2.34. The van der Waals surface area contributed by atoms with E-state index in [4.69, 9.17) is 11.6 Å². The van der Waals surface area contributed by atoms with Gasteiger partial charge in [-0.1, -0.05) is 35.9 Å². The van der Waals surface area contributed by atoms with E-state index in [9.17, 15) is 4.79 Å². The zero-order valence-electron chi connectivity index (χ0n) is 13.8. The summed E-state index contributed by atoms with van der Waals surface area (Å²) in [7, 11) is 0. The molecule has 128 valence electrons. The number of carbonyl (C=O) groups excluding carboxylic acids is 1. The fraction of sp³-hybridized carbons (Fsp3) is 0.389. The molecule has 1 aliphatic heterocycles. The number of nitrogens with one attached hydrogen (secondary N) is 1. The molecule has 3 rings (SSSR count). The summed E-state index contributed by atoms with van der Waals surface area (Å²) in [4.78, 5) is 17.9. The number of aryl methyl sites for hydroxylation is 1. The lowest BCUT2D eigenvalue weighted by atomic mass is 10.1. The summed E-state index contributed by atoms with van der Waals surface area (Å²) in [6.45, 7) is 6.88. The fourth-order valence-corrected chi connectivity index (χ4v) is 3.99.